The van der Waals surface area contributed by atoms with Gasteiger partial charge in [-0.05, 0) is 51.4 Å². The van der Waals surface area contributed by atoms with E-state index in [-0.39, 0.29) is 18.3 Å². The summed E-state index contributed by atoms with van der Waals surface area (Å²) in [5.74, 6) is 2.06. The molecule has 1 saturated heterocycles. The SMILES string of the molecule is CNCC1CCCN(C(=O)c2cc(-c3ccc(C)o3)[nH]n2)C1.Cl. The first-order valence-corrected chi connectivity index (χ1v) is 7.73. The van der Waals surface area contributed by atoms with Crippen molar-refractivity contribution in [2.75, 3.05) is 26.7 Å². The van der Waals surface area contributed by atoms with Gasteiger partial charge in [-0.2, -0.15) is 5.10 Å². The lowest BCUT2D eigenvalue weighted by Gasteiger charge is -2.32. The number of carbonyl (C=O) groups excluding carboxylic acids is 1. The van der Waals surface area contributed by atoms with Crippen molar-refractivity contribution < 1.29 is 9.21 Å². The van der Waals surface area contributed by atoms with Gasteiger partial charge < -0.3 is 14.6 Å². The first kappa shape index (κ1) is 17.6. The predicted octanol–water partition coefficient (Wildman–Crippen LogP) is 2.47. The molecule has 1 amide bonds. The molecule has 2 aromatic heterocycles. The zero-order valence-corrected chi connectivity index (χ0v) is 14.3. The molecule has 0 aliphatic carbocycles. The Morgan fingerprint density at radius 2 is 2.35 bits per heavy atom. The average Bonchev–Trinajstić information content (AvgIpc) is 3.16. The second-order valence-electron chi connectivity index (χ2n) is 5.89. The van der Waals surface area contributed by atoms with E-state index >= 15 is 0 Å². The molecule has 1 fully saturated rings. The molecule has 6 nitrogen and oxygen atoms in total. The minimum Gasteiger partial charge on any atom is -0.460 e. The Hall–Kier alpha value is -1.79. The predicted molar refractivity (Wildman–Crippen MR) is 90.8 cm³/mol. The van der Waals surface area contributed by atoms with Gasteiger partial charge in [-0.1, -0.05) is 0 Å². The van der Waals surface area contributed by atoms with Gasteiger partial charge in [-0.15, -0.1) is 12.4 Å². The molecule has 2 aromatic rings. The lowest BCUT2D eigenvalue weighted by molar-refractivity contribution is 0.0668. The maximum atomic E-state index is 12.6. The van der Waals surface area contributed by atoms with Crippen LogP contribution in [0.2, 0.25) is 0 Å². The van der Waals surface area contributed by atoms with E-state index in [1.807, 2.05) is 31.0 Å². The number of furan rings is 1. The van der Waals surface area contributed by atoms with Crippen LogP contribution in [0.25, 0.3) is 11.5 Å². The topological polar surface area (TPSA) is 74.2 Å². The van der Waals surface area contributed by atoms with E-state index < -0.39 is 0 Å². The largest absolute Gasteiger partial charge is 0.460 e. The standard InChI is InChI=1S/C16H22N4O2.ClH/c1-11-5-6-15(22-11)13-8-14(19-18-13)16(21)20-7-3-4-12(10-20)9-17-2;/h5-6,8,12,17H,3-4,7,9-10H2,1-2H3,(H,18,19);1H. The molecule has 1 atom stereocenters. The van der Waals surface area contributed by atoms with E-state index in [2.05, 4.69) is 15.5 Å². The minimum atomic E-state index is -0.00780. The number of rotatable bonds is 4. The maximum Gasteiger partial charge on any atom is 0.274 e. The lowest BCUT2D eigenvalue weighted by atomic mass is 9.98. The first-order valence-electron chi connectivity index (χ1n) is 7.73. The van der Waals surface area contributed by atoms with Crippen LogP contribution in [0.3, 0.4) is 0 Å². The average molecular weight is 339 g/mol. The summed E-state index contributed by atoms with van der Waals surface area (Å²) in [6.07, 6.45) is 2.22. The number of likely N-dealkylation sites (tertiary alicyclic amines) is 1. The normalized spacial score (nSPS) is 17.8. The van der Waals surface area contributed by atoms with Crippen LogP contribution in [0.15, 0.2) is 22.6 Å². The first-order chi connectivity index (χ1) is 10.7. The van der Waals surface area contributed by atoms with Gasteiger partial charge in [0.2, 0.25) is 0 Å². The molecule has 23 heavy (non-hydrogen) atoms. The molecule has 3 rings (SSSR count). The summed E-state index contributed by atoms with van der Waals surface area (Å²) in [7, 11) is 1.95. The van der Waals surface area contributed by atoms with Crippen molar-refractivity contribution in [1.29, 1.82) is 0 Å². The summed E-state index contributed by atoms with van der Waals surface area (Å²) in [5.41, 5.74) is 1.19. The number of nitrogens with one attached hydrogen (secondary N) is 2. The zero-order chi connectivity index (χ0) is 15.5. The van der Waals surface area contributed by atoms with Crippen LogP contribution in [0.1, 0.15) is 29.1 Å². The van der Waals surface area contributed by atoms with Crippen molar-refractivity contribution in [3.8, 4) is 11.5 Å². The fourth-order valence-corrected chi connectivity index (χ4v) is 3.00. The monoisotopic (exact) mass is 338 g/mol. The Morgan fingerprint density at radius 3 is 3.04 bits per heavy atom. The van der Waals surface area contributed by atoms with Gasteiger partial charge in [-0.3, -0.25) is 9.89 Å². The highest BCUT2D eigenvalue weighted by molar-refractivity contribution is 5.93. The Labute approximate surface area is 142 Å². The second kappa shape index (κ2) is 7.66. The third-order valence-electron chi connectivity index (χ3n) is 4.10. The lowest BCUT2D eigenvalue weighted by Crippen LogP contribution is -2.42. The summed E-state index contributed by atoms with van der Waals surface area (Å²) >= 11 is 0. The molecule has 0 aromatic carbocycles. The molecule has 7 heteroatoms. The molecule has 1 unspecified atom stereocenters. The van der Waals surface area contributed by atoms with Crippen LogP contribution in [0.5, 0.6) is 0 Å². The number of hydrogen-bond donors (Lipinski definition) is 2. The number of aromatic amines is 1. The molecule has 1 aliphatic rings. The van der Waals surface area contributed by atoms with Crippen molar-refractivity contribution >= 4 is 18.3 Å². The summed E-state index contributed by atoms with van der Waals surface area (Å²) in [6.45, 7) is 4.44. The molecular formula is C16H23ClN4O2. The third kappa shape index (κ3) is 3.95. The zero-order valence-electron chi connectivity index (χ0n) is 13.5. The highest BCUT2D eigenvalue weighted by Gasteiger charge is 2.25. The number of aryl methyl sites for hydroxylation is 1. The smallest absolute Gasteiger partial charge is 0.274 e. The van der Waals surface area contributed by atoms with E-state index in [1.165, 1.54) is 6.42 Å². The van der Waals surface area contributed by atoms with Crippen LogP contribution in [-0.2, 0) is 0 Å². The number of aromatic nitrogens is 2. The Balaban J connectivity index is 0.00000192. The number of hydrogen-bond acceptors (Lipinski definition) is 4. The number of piperidine rings is 1. The van der Waals surface area contributed by atoms with Gasteiger partial charge in [0.25, 0.3) is 5.91 Å². The molecular weight excluding hydrogens is 316 g/mol. The fraction of sp³-hybridized carbons (Fsp3) is 0.500. The number of H-pyrrole nitrogens is 1. The van der Waals surface area contributed by atoms with Gasteiger partial charge in [0.15, 0.2) is 11.5 Å². The van der Waals surface area contributed by atoms with Crippen molar-refractivity contribution in [2.45, 2.75) is 19.8 Å². The molecule has 0 bridgehead atoms. The molecule has 0 radical (unpaired) electrons. The Kier molecular flexibility index (Phi) is 5.85. The fourth-order valence-electron chi connectivity index (χ4n) is 3.00. The van der Waals surface area contributed by atoms with Crippen molar-refractivity contribution in [2.24, 2.45) is 5.92 Å². The van der Waals surface area contributed by atoms with Crippen LogP contribution in [0, 0.1) is 12.8 Å². The molecule has 2 N–H and O–H groups in total. The van der Waals surface area contributed by atoms with Gasteiger partial charge >= 0.3 is 0 Å². The molecule has 1 aliphatic heterocycles. The number of halogens is 1. The van der Waals surface area contributed by atoms with Gasteiger partial charge in [0.1, 0.15) is 11.5 Å². The van der Waals surface area contributed by atoms with Gasteiger partial charge in [0, 0.05) is 19.2 Å². The highest BCUT2D eigenvalue weighted by atomic mass is 35.5. The van der Waals surface area contributed by atoms with E-state index in [1.54, 1.807) is 6.07 Å². The van der Waals surface area contributed by atoms with Crippen molar-refractivity contribution in [3.63, 3.8) is 0 Å². The Morgan fingerprint density at radius 1 is 1.52 bits per heavy atom. The summed E-state index contributed by atoms with van der Waals surface area (Å²) in [5, 5.41) is 10.2. The summed E-state index contributed by atoms with van der Waals surface area (Å²) < 4.78 is 5.55. The van der Waals surface area contributed by atoms with Crippen LogP contribution >= 0.6 is 12.4 Å². The van der Waals surface area contributed by atoms with E-state index in [0.29, 0.717) is 17.4 Å². The van der Waals surface area contributed by atoms with Crippen LogP contribution in [0.4, 0.5) is 0 Å². The number of nitrogens with zero attached hydrogens (tertiary/aromatic N) is 2. The van der Waals surface area contributed by atoms with E-state index in [4.69, 9.17) is 4.42 Å². The van der Waals surface area contributed by atoms with Gasteiger partial charge in [-0.25, -0.2) is 0 Å². The summed E-state index contributed by atoms with van der Waals surface area (Å²) in [6, 6.07) is 5.54. The van der Waals surface area contributed by atoms with Crippen LogP contribution in [-0.4, -0.2) is 47.7 Å². The molecule has 0 spiro atoms. The van der Waals surface area contributed by atoms with Crippen molar-refractivity contribution in [3.05, 3.63) is 29.7 Å². The third-order valence-corrected chi connectivity index (χ3v) is 4.10. The second-order valence-corrected chi connectivity index (χ2v) is 5.89. The quantitative estimate of drug-likeness (QED) is 0.898. The minimum absolute atomic E-state index is 0. The molecule has 126 valence electrons. The molecule has 3 heterocycles. The van der Waals surface area contributed by atoms with Gasteiger partial charge in [0.05, 0.1) is 0 Å². The van der Waals surface area contributed by atoms with Crippen LogP contribution < -0.4 is 5.32 Å². The van der Waals surface area contributed by atoms with E-state index in [9.17, 15) is 4.79 Å². The van der Waals surface area contributed by atoms with Crippen molar-refractivity contribution in [1.82, 2.24) is 20.4 Å². The number of amides is 1. The molecule has 0 saturated carbocycles. The Bertz CT molecular complexity index is 650. The number of carbonyl (C=O) groups is 1. The maximum absolute atomic E-state index is 12.6. The van der Waals surface area contributed by atoms with E-state index in [0.717, 1.165) is 37.5 Å². The highest BCUT2D eigenvalue weighted by Crippen LogP contribution is 2.22. The summed E-state index contributed by atoms with van der Waals surface area (Å²) in [4.78, 5) is 14.5.